The molecule has 0 bridgehead atoms. The van der Waals surface area contributed by atoms with Crippen molar-refractivity contribution >= 4 is 0 Å². The summed E-state index contributed by atoms with van der Waals surface area (Å²) in [5.74, 6) is 5.71. The van der Waals surface area contributed by atoms with E-state index in [1.165, 1.54) is 11.3 Å². The molecule has 19 heavy (non-hydrogen) atoms. The first kappa shape index (κ1) is 13.8. The van der Waals surface area contributed by atoms with Crippen molar-refractivity contribution in [2.45, 2.75) is 32.2 Å². The van der Waals surface area contributed by atoms with E-state index < -0.39 is 0 Å². The highest BCUT2D eigenvalue weighted by atomic mass is 15.3. The van der Waals surface area contributed by atoms with Gasteiger partial charge in [0.2, 0.25) is 0 Å². The number of nitrogens with zero attached hydrogens (tertiary/aromatic N) is 4. The topological polar surface area (TPSA) is 73.7 Å². The Balaban J connectivity index is 2.09. The van der Waals surface area contributed by atoms with Crippen LogP contribution in [0.1, 0.15) is 36.3 Å². The second-order valence-corrected chi connectivity index (χ2v) is 4.76. The van der Waals surface area contributed by atoms with E-state index in [1.54, 1.807) is 0 Å². The summed E-state index contributed by atoms with van der Waals surface area (Å²) in [7, 11) is 3.90. The lowest BCUT2D eigenvalue weighted by Gasteiger charge is -2.15. The molecule has 0 amide bonds. The molecule has 6 heteroatoms. The first-order valence-corrected chi connectivity index (χ1v) is 6.61. The molecular formula is C13H22N6. The van der Waals surface area contributed by atoms with E-state index in [2.05, 4.69) is 22.5 Å². The van der Waals surface area contributed by atoms with Crippen molar-refractivity contribution in [1.82, 2.24) is 25.0 Å². The molecule has 1 unspecified atom stereocenters. The normalized spacial score (nSPS) is 12.8. The van der Waals surface area contributed by atoms with E-state index in [9.17, 15) is 0 Å². The highest BCUT2D eigenvalue weighted by molar-refractivity contribution is 5.21. The van der Waals surface area contributed by atoms with Crippen molar-refractivity contribution in [2.75, 3.05) is 0 Å². The number of nitrogens with two attached hydrogens (primary N) is 1. The van der Waals surface area contributed by atoms with Crippen molar-refractivity contribution in [3.8, 4) is 0 Å². The number of rotatable bonds is 6. The number of hydrazine groups is 1. The number of hydrogen-bond donors (Lipinski definition) is 2. The molecule has 0 saturated heterocycles. The number of nitrogens with one attached hydrogen (secondary N) is 1. The van der Waals surface area contributed by atoms with Crippen LogP contribution >= 0.6 is 0 Å². The first-order chi connectivity index (χ1) is 9.15. The zero-order chi connectivity index (χ0) is 13.8. The van der Waals surface area contributed by atoms with Crippen LogP contribution in [0.4, 0.5) is 0 Å². The Hall–Kier alpha value is -1.66. The summed E-state index contributed by atoms with van der Waals surface area (Å²) in [5, 5.41) is 8.64. The lowest BCUT2D eigenvalue weighted by Crippen LogP contribution is -2.29. The van der Waals surface area contributed by atoms with Crippen molar-refractivity contribution in [3.63, 3.8) is 0 Å². The summed E-state index contributed by atoms with van der Waals surface area (Å²) in [5.41, 5.74) is 6.41. The average Bonchev–Trinajstić information content (AvgIpc) is 2.97. The van der Waals surface area contributed by atoms with Crippen LogP contribution in [0.5, 0.6) is 0 Å². The SMILES string of the molecule is CCc1nn(C)cc1C(CCc1ccnn1C)NN. The highest BCUT2D eigenvalue weighted by Gasteiger charge is 2.17. The molecule has 0 saturated carbocycles. The molecule has 1 atom stereocenters. The molecule has 0 aliphatic rings. The zero-order valence-corrected chi connectivity index (χ0v) is 11.8. The van der Waals surface area contributed by atoms with Gasteiger partial charge in [0.1, 0.15) is 0 Å². The molecule has 2 heterocycles. The van der Waals surface area contributed by atoms with Gasteiger partial charge in [-0.1, -0.05) is 6.92 Å². The molecular weight excluding hydrogens is 240 g/mol. The Morgan fingerprint density at radius 1 is 1.42 bits per heavy atom. The summed E-state index contributed by atoms with van der Waals surface area (Å²) >= 11 is 0. The van der Waals surface area contributed by atoms with Gasteiger partial charge in [-0.3, -0.25) is 20.6 Å². The molecule has 0 aromatic carbocycles. The van der Waals surface area contributed by atoms with Gasteiger partial charge >= 0.3 is 0 Å². The second-order valence-electron chi connectivity index (χ2n) is 4.76. The average molecular weight is 262 g/mol. The Bertz CT molecular complexity index is 527. The molecule has 2 aromatic rings. The number of aromatic nitrogens is 4. The van der Waals surface area contributed by atoms with Crippen LogP contribution in [0.15, 0.2) is 18.5 Å². The first-order valence-electron chi connectivity index (χ1n) is 6.61. The van der Waals surface area contributed by atoms with Crippen molar-refractivity contribution in [1.29, 1.82) is 0 Å². The van der Waals surface area contributed by atoms with Crippen LogP contribution in [-0.2, 0) is 26.9 Å². The smallest absolute Gasteiger partial charge is 0.0670 e. The molecule has 0 aliphatic heterocycles. The van der Waals surface area contributed by atoms with Crippen LogP contribution in [0.3, 0.4) is 0 Å². The quantitative estimate of drug-likeness (QED) is 0.598. The molecule has 0 radical (unpaired) electrons. The second kappa shape index (κ2) is 5.99. The molecule has 0 aliphatic carbocycles. The fourth-order valence-electron chi connectivity index (χ4n) is 2.39. The van der Waals surface area contributed by atoms with E-state index in [4.69, 9.17) is 5.84 Å². The maximum Gasteiger partial charge on any atom is 0.0670 e. The Labute approximate surface area is 113 Å². The Morgan fingerprint density at radius 2 is 2.21 bits per heavy atom. The third-order valence-electron chi connectivity index (χ3n) is 3.46. The van der Waals surface area contributed by atoms with Crippen LogP contribution in [0.2, 0.25) is 0 Å². The summed E-state index contributed by atoms with van der Waals surface area (Å²) < 4.78 is 3.75. The van der Waals surface area contributed by atoms with Gasteiger partial charge in [0.15, 0.2) is 0 Å². The largest absolute Gasteiger partial charge is 0.275 e. The van der Waals surface area contributed by atoms with Gasteiger partial charge < -0.3 is 0 Å². The molecule has 104 valence electrons. The molecule has 6 nitrogen and oxygen atoms in total. The zero-order valence-electron chi connectivity index (χ0n) is 11.8. The van der Waals surface area contributed by atoms with Gasteiger partial charge in [0, 0.05) is 43.8 Å². The highest BCUT2D eigenvalue weighted by Crippen LogP contribution is 2.21. The summed E-state index contributed by atoms with van der Waals surface area (Å²) in [6.07, 6.45) is 6.65. The standard InChI is InChI=1S/C13H22N6/c1-4-12-11(9-18(2)17-12)13(16-14)6-5-10-7-8-15-19(10)3/h7-9,13,16H,4-6,14H2,1-3H3. The third-order valence-corrected chi connectivity index (χ3v) is 3.46. The summed E-state index contributed by atoms with van der Waals surface area (Å²) in [6.45, 7) is 2.11. The minimum Gasteiger partial charge on any atom is -0.275 e. The minimum absolute atomic E-state index is 0.124. The van der Waals surface area contributed by atoms with Gasteiger partial charge in [-0.25, -0.2) is 0 Å². The van der Waals surface area contributed by atoms with Gasteiger partial charge in [-0.15, -0.1) is 0 Å². The van der Waals surface area contributed by atoms with Gasteiger partial charge in [-0.2, -0.15) is 10.2 Å². The maximum absolute atomic E-state index is 5.71. The monoisotopic (exact) mass is 262 g/mol. The van der Waals surface area contributed by atoms with Crippen LogP contribution in [-0.4, -0.2) is 19.6 Å². The fourth-order valence-corrected chi connectivity index (χ4v) is 2.39. The lowest BCUT2D eigenvalue weighted by molar-refractivity contribution is 0.503. The molecule has 2 rings (SSSR count). The van der Waals surface area contributed by atoms with Crippen LogP contribution < -0.4 is 11.3 Å². The van der Waals surface area contributed by atoms with Crippen LogP contribution in [0, 0.1) is 0 Å². The van der Waals surface area contributed by atoms with Crippen molar-refractivity contribution in [2.24, 2.45) is 19.9 Å². The molecule has 2 aromatic heterocycles. The number of hydrogen-bond acceptors (Lipinski definition) is 4. The molecule has 0 fully saturated rings. The van der Waals surface area contributed by atoms with Gasteiger partial charge in [0.25, 0.3) is 0 Å². The summed E-state index contributed by atoms with van der Waals surface area (Å²) in [6, 6.07) is 2.16. The van der Waals surface area contributed by atoms with E-state index in [1.807, 2.05) is 41.9 Å². The van der Waals surface area contributed by atoms with E-state index >= 15 is 0 Å². The minimum atomic E-state index is 0.124. The molecule has 3 N–H and O–H groups in total. The number of aryl methyl sites for hydroxylation is 4. The van der Waals surface area contributed by atoms with Gasteiger partial charge in [0.05, 0.1) is 5.69 Å². The van der Waals surface area contributed by atoms with E-state index in [-0.39, 0.29) is 6.04 Å². The maximum atomic E-state index is 5.71. The van der Waals surface area contributed by atoms with Gasteiger partial charge in [-0.05, 0) is 25.3 Å². The van der Waals surface area contributed by atoms with Crippen molar-refractivity contribution in [3.05, 3.63) is 35.4 Å². The predicted octanol–water partition coefficient (Wildman–Crippen LogP) is 0.853. The van der Waals surface area contributed by atoms with Crippen LogP contribution in [0.25, 0.3) is 0 Å². The fraction of sp³-hybridized carbons (Fsp3) is 0.538. The van der Waals surface area contributed by atoms with Crippen molar-refractivity contribution < 1.29 is 0 Å². The van der Waals surface area contributed by atoms with E-state index in [0.717, 1.165) is 25.0 Å². The van der Waals surface area contributed by atoms with E-state index in [0.29, 0.717) is 0 Å². The Morgan fingerprint density at radius 3 is 2.79 bits per heavy atom. The lowest BCUT2D eigenvalue weighted by atomic mass is 10.0. The Kier molecular flexibility index (Phi) is 4.34. The third kappa shape index (κ3) is 3.02. The predicted molar refractivity (Wildman–Crippen MR) is 74.2 cm³/mol. The molecule has 0 spiro atoms. The summed E-state index contributed by atoms with van der Waals surface area (Å²) in [4.78, 5) is 0.